The molecule has 5 heterocycles. The number of carboxylic acid groups (broad SMARTS) is 1. The van der Waals surface area contributed by atoms with Crippen LogP contribution in [0.2, 0.25) is 0 Å². The topological polar surface area (TPSA) is 214 Å². The molecule has 14 nitrogen and oxygen atoms in total. The first-order chi connectivity index (χ1) is 26.4. The summed E-state index contributed by atoms with van der Waals surface area (Å²) in [7, 11) is 1.29. The average molecular weight is 759 g/mol. The minimum atomic E-state index is -0.965. The Labute approximate surface area is 320 Å². The van der Waals surface area contributed by atoms with E-state index in [0.29, 0.717) is 67.2 Å². The van der Waals surface area contributed by atoms with Crippen LogP contribution in [-0.2, 0) is 38.6 Å². The van der Waals surface area contributed by atoms with Crippen LogP contribution in [0.1, 0.15) is 102 Å². The number of ether oxygens (including phenoxy) is 1. The van der Waals surface area contributed by atoms with Gasteiger partial charge in [0.15, 0.2) is 0 Å². The predicted octanol–water partition coefficient (Wildman–Crippen LogP) is 4.18. The van der Waals surface area contributed by atoms with E-state index in [9.17, 15) is 34.8 Å². The van der Waals surface area contributed by atoms with E-state index in [1.54, 1.807) is 0 Å². The Hall–Kier alpha value is -4.89. The van der Waals surface area contributed by atoms with Gasteiger partial charge in [-0.1, -0.05) is 13.8 Å². The van der Waals surface area contributed by atoms with Gasteiger partial charge in [0.25, 0.3) is 5.91 Å². The van der Waals surface area contributed by atoms with Crippen molar-refractivity contribution in [3.63, 3.8) is 0 Å². The largest absolute Gasteiger partial charge is 0.481 e. The molecule has 55 heavy (non-hydrogen) atoms. The van der Waals surface area contributed by atoms with Gasteiger partial charge < -0.3 is 40.4 Å². The minimum Gasteiger partial charge on any atom is -0.481 e. The van der Waals surface area contributed by atoms with Crippen LogP contribution < -0.4 is 5.32 Å². The Morgan fingerprint density at radius 3 is 2.16 bits per heavy atom. The second-order valence-electron chi connectivity index (χ2n) is 14.3. The number of carbonyl (C=O) groups is 3. The SMILES string of the molecule is CCc1c(C)c2cc3[nH]c(cc4nc(c(CC(=O)OC)c5nc(cc1[nH]2)C(C)=C5C(=O)NCCCN(CCO)CCO)C(CCC(=O)O)C4C)c(C)c3CO. The number of aliphatic hydroxyl groups excluding tert-OH is 3. The van der Waals surface area contributed by atoms with Gasteiger partial charge in [0, 0.05) is 76.8 Å². The zero-order valence-electron chi connectivity index (χ0n) is 32.6. The molecule has 2 aliphatic rings. The number of amides is 1. The molecule has 2 atom stereocenters. The number of methoxy groups -OCH3 is 1. The van der Waals surface area contributed by atoms with Gasteiger partial charge in [0.05, 0.1) is 56.0 Å². The normalized spacial score (nSPS) is 15.5. The first-order valence-corrected chi connectivity index (χ1v) is 18.9. The Morgan fingerprint density at radius 2 is 1.55 bits per heavy atom. The van der Waals surface area contributed by atoms with Crippen molar-refractivity contribution in [3.05, 3.63) is 68.8 Å². The maximum atomic E-state index is 14.3. The zero-order chi connectivity index (χ0) is 40.0. The Morgan fingerprint density at radius 1 is 0.891 bits per heavy atom. The fraction of sp³-hybridized carbons (Fsp3) is 0.488. The van der Waals surface area contributed by atoms with Gasteiger partial charge in [-0.3, -0.25) is 24.3 Å². The van der Waals surface area contributed by atoms with Gasteiger partial charge in [0.2, 0.25) is 0 Å². The van der Waals surface area contributed by atoms with Crippen LogP contribution in [0, 0.1) is 13.8 Å². The molecule has 2 aliphatic heterocycles. The Bertz CT molecular complexity index is 2130. The molecule has 0 aromatic carbocycles. The van der Waals surface area contributed by atoms with Crippen LogP contribution in [0.5, 0.6) is 0 Å². The summed E-state index contributed by atoms with van der Waals surface area (Å²) in [6.45, 7) is 11.2. The van der Waals surface area contributed by atoms with Crippen molar-refractivity contribution in [1.29, 1.82) is 0 Å². The van der Waals surface area contributed by atoms with Crippen LogP contribution >= 0.6 is 0 Å². The Kier molecular flexibility index (Phi) is 13.6. The summed E-state index contributed by atoms with van der Waals surface area (Å²) in [5, 5.41) is 42.1. The third-order valence-corrected chi connectivity index (χ3v) is 11.0. The first-order valence-electron chi connectivity index (χ1n) is 18.9. The van der Waals surface area contributed by atoms with Crippen molar-refractivity contribution in [1.82, 2.24) is 30.2 Å². The number of aryl methyl sites for hydroxylation is 3. The molecule has 0 saturated heterocycles. The second kappa shape index (κ2) is 18.2. The lowest BCUT2D eigenvalue weighted by molar-refractivity contribution is -0.140. The van der Waals surface area contributed by atoms with Gasteiger partial charge in [-0.05, 0) is 87.0 Å². The number of H-pyrrole nitrogens is 2. The number of nitrogens with one attached hydrogen (secondary N) is 3. The molecule has 14 heteroatoms. The first kappa shape index (κ1) is 41.3. The molecule has 0 aliphatic carbocycles. The standard InChI is InChI=1S/C41H54N6O8/c1-7-26-22(2)31-19-35-29(21-50)24(4)30(44-35)18-32-23(3)27(9-10-36(51)52)39(45-32)28(17-37(53)55-6)40-38(25(5)33(46-40)20-34(26)43-31)41(54)42-11-8-12-47(13-15-48)14-16-49/h18-20,23,27,43-44,48-50H,7-17,21H2,1-6H3,(H,42,54)(H,51,52). The molecule has 296 valence electrons. The number of allylic oxidation sites excluding steroid dienone is 1. The molecular formula is C41H54N6O8. The Balaban J connectivity index is 1.83. The summed E-state index contributed by atoms with van der Waals surface area (Å²) in [4.78, 5) is 58.6. The summed E-state index contributed by atoms with van der Waals surface area (Å²) in [6, 6.07) is 5.81. The maximum absolute atomic E-state index is 14.3. The molecule has 8 bridgehead atoms. The molecule has 7 N–H and O–H groups in total. The monoisotopic (exact) mass is 758 g/mol. The lowest BCUT2D eigenvalue weighted by atomic mass is 9.84. The summed E-state index contributed by atoms with van der Waals surface area (Å²) in [6.07, 6.45) is 1.09. The summed E-state index contributed by atoms with van der Waals surface area (Å²) in [5.74, 6) is -2.62. The number of aliphatic carboxylic acids is 1. The molecule has 3 aromatic rings. The third-order valence-electron chi connectivity index (χ3n) is 11.0. The summed E-state index contributed by atoms with van der Waals surface area (Å²) >= 11 is 0. The molecule has 5 rings (SSSR count). The van der Waals surface area contributed by atoms with E-state index in [0.717, 1.165) is 44.3 Å². The number of hydrogen-bond acceptors (Lipinski definition) is 10. The van der Waals surface area contributed by atoms with Crippen LogP contribution in [0.15, 0.2) is 18.2 Å². The van der Waals surface area contributed by atoms with Crippen molar-refractivity contribution in [3.8, 4) is 0 Å². The van der Waals surface area contributed by atoms with Crippen molar-refractivity contribution in [2.45, 2.75) is 85.2 Å². The van der Waals surface area contributed by atoms with Crippen LogP contribution in [0.3, 0.4) is 0 Å². The second-order valence-corrected chi connectivity index (χ2v) is 14.3. The predicted molar refractivity (Wildman–Crippen MR) is 210 cm³/mol. The zero-order valence-corrected chi connectivity index (χ0v) is 32.6. The highest BCUT2D eigenvalue weighted by atomic mass is 16.5. The van der Waals surface area contributed by atoms with Crippen molar-refractivity contribution in [2.75, 3.05) is 46.5 Å². The smallest absolute Gasteiger partial charge is 0.310 e. The van der Waals surface area contributed by atoms with Gasteiger partial charge in [-0.25, -0.2) is 4.98 Å². The maximum Gasteiger partial charge on any atom is 0.310 e. The fourth-order valence-electron chi connectivity index (χ4n) is 7.79. The average Bonchev–Trinajstić information content (AvgIpc) is 3.84. The lowest BCUT2D eigenvalue weighted by Gasteiger charge is -2.20. The van der Waals surface area contributed by atoms with Crippen LogP contribution in [0.25, 0.3) is 33.2 Å². The number of nitrogens with zero attached hydrogens (tertiary/aromatic N) is 3. The number of aromatic nitrogens is 4. The highest BCUT2D eigenvalue weighted by molar-refractivity contribution is 6.27. The van der Waals surface area contributed by atoms with E-state index in [1.807, 2.05) is 50.8 Å². The van der Waals surface area contributed by atoms with E-state index >= 15 is 0 Å². The van der Waals surface area contributed by atoms with Gasteiger partial charge in [-0.15, -0.1) is 0 Å². The van der Waals surface area contributed by atoms with Gasteiger partial charge in [-0.2, -0.15) is 0 Å². The summed E-state index contributed by atoms with van der Waals surface area (Å²) in [5.41, 5.74) is 10.0. The quantitative estimate of drug-likeness (QED) is 0.0813. The molecule has 0 fully saturated rings. The van der Waals surface area contributed by atoms with Crippen molar-refractivity contribution < 1.29 is 39.5 Å². The highest BCUT2D eigenvalue weighted by Crippen LogP contribution is 2.44. The third kappa shape index (κ3) is 8.83. The number of carbonyl (C=O) groups excluding carboxylic acids is 2. The number of carboxylic acids is 1. The molecule has 1 amide bonds. The fourth-order valence-corrected chi connectivity index (χ4v) is 7.79. The highest BCUT2D eigenvalue weighted by Gasteiger charge is 2.35. The molecular weight excluding hydrogens is 704 g/mol. The van der Waals surface area contributed by atoms with Crippen molar-refractivity contribution in [2.24, 2.45) is 0 Å². The molecule has 3 aromatic heterocycles. The summed E-state index contributed by atoms with van der Waals surface area (Å²) < 4.78 is 5.17. The number of fused-ring (bicyclic) bond motifs is 8. The van der Waals surface area contributed by atoms with Crippen LogP contribution in [0.4, 0.5) is 0 Å². The van der Waals surface area contributed by atoms with E-state index in [1.165, 1.54) is 7.11 Å². The number of aromatic amines is 2. The number of esters is 1. The number of aliphatic hydroxyl groups is 3. The van der Waals surface area contributed by atoms with E-state index < -0.39 is 23.8 Å². The van der Waals surface area contributed by atoms with E-state index in [4.69, 9.17) is 14.7 Å². The molecule has 0 spiro atoms. The number of hydrogen-bond donors (Lipinski definition) is 7. The van der Waals surface area contributed by atoms with Gasteiger partial charge in [0.1, 0.15) is 0 Å². The number of rotatable bonds is 16. The minimum absolute atomic E-state index is 0.0477. The lowest BCUT2D eigenvalue weighted by Crippen LogP contribution is -2.33. The van der Waals surface area contributed by atoms with E-state index in [-0.39, 0.29) is 56.3 Å². The van der Waals surface area contributed by atoms with Crippen molar-refractivity contribution >= 4 is 51.1 Å². The van der Waals surface area contributed by atoms with E-state index in [2.05, 4.69) is 22.2 Å². The molecule has 0 radical (unpaired) electrons. The van der Waals surface area contributed by atoms with Gasteiger partial charge >= 0.3 is 11.9 Å². The molecule has 0 saturated carbocycles. The van der Waals surface area contributed by atoms with Crippen LogP contribution in [-0.4, -0.2) is 110 Å². The molecule has 2 unspecified atom stereocenters.